The lowest BCUT2D eigenvalue weighted by Crippen LogP contribution is -2.15. The molecule has 19 heavy (non-hydrogen) atoms. The van der Waals surface area contributed by atoms with Crippen molar-refractivity contribution >= 4 is 18.9 Å². The first kappa shape index (κ1) is 13.5. The monoisotopic (exact) mass is 278 g/mol. The molecule has 0 aliphatic rings. The van der Waals surface area contributed by atoms with Gasteiger partial charge in [-0.05, 0) is 24.3 Å². The second kappa shape index (κ2) is 5.36. The molecular formula is C13H11O5P. The highest BCUT2D eigenvalue weighted by atomic mass is 31.2. The van der Waals surface area contributed by atoms with E-state index in [2.05, 4.69) is 0 Å². The highest BCUT2D eigenvalue weighted by molar-refractivity contribution is 7.60. The van der Waals surface area contributed by atoms with E-state index >= 15 is 0 Å². The Bertz CT molecular complexity index is 632. The molecule has 0 spiro atoms. The topological polar surface area (TPSA) is 83.8 Å². The van der Waals surface area contributed by atoms with Gasteiger partial charge in [-0.3, -0.25) is 4.57 Å². The van der Waals surface area contributed by atoms with Crippen LogP contribution in [-0.4, -0.2) is 15.8 Å². The summed E-state index contributed by atoms with van der Waals surface area (Å²) in [5.41, 5.74) is 0.308. The molecule has 0 unspecified atom stereocenters. The second-order valence-corrected chi connectivity index (χ2v) is 5.34. The third-order valence-electron chi connectivity index (χ3n) is 2.39. The van der Waals surface area contributed by atoms with Crippen LogP contribution in [-0.2, 0) is 4.57 Å². The third kappa shape index (κ3) is 3.29. The third-order valence-corrected chi connectivity index (χ3v) is 3.39. The highest BCUT2D eigenvalue weighted by Gasteiger charge is 2.23. The van der Waals surface area contributed by atoms with Crippen LogP contribution in [0.5, 0.6) is 5.75 Å². The van der Waals surface area contributed by atoms with Gasteiger partial charge in [0.1, 0.15) is 11.1 Å². The summed E-state index contributed by atoms with van der Waals surface area (Å²) in [6.45, 7) is 0. The number of para-hydroxylation sites is 1. The molecule has 2 aromatic carbocycles. The maximum atomic E-state index is 11.8. The van der Waals surface area contributed by atoms with Gasteiger partial charge in [0.05, 0.1) is 5.56 Å². The lowest BCUT2D eigenvalue weighted by molar-refractivity contribution is 0.0736. The Kier molecular flexibility index (Phi) is 3.81. The zero-order chi connectivity index (χ0) is 13.9. The average Bonchev–Trinajstić information content (AvgIpc) is 2.39. The van der Waals surface area contributed by atoms with Gasteiger partial charge < -0.3 is 14.5 Å². The lowest BCUT2D eigenvalue weighted by atomic mass is 10.2. The fraction of sp³-hybridized carbons (Fsp3) is 0. The Morgan fingerprint density at radius 1 is 0.947 bits per heavy atom. The molecule has 0 saturated heterocycles. The van der Waals surface area contributed by atoms with Gasteiger partial charge in [0.25, 0.3) is 0 Å². The summed E-state index contributed by atoms with van der Waals surface area (Å²) in [5.74, 6) is -0.800. The Balaban J connectivity index is 2.30. The number of carbonyl (C=O) groups is 1. The predicted octanol–water partition coefficient (Wildman–Crippen LogP) is 1.71. The van der Waals surface area contributed by atoms with E-state index in [1.807, 2.05) is 0 Å². The van der Waals surface area contributed by atoms with Crippen molar-refractivity contribution in [2.75, 3.05) is 0 Å². The number of hydrogen-bond donors (Lipinski definition) is 2. The number of ether oxygens (including phenoxy) is 1. The van der Waals surface area contributed by atoms with Crippen molar-refractivity contribution in [2.24, 2.45) is 0 Å². The van der Waals surface area contributed by atoms with Crippen LogP contribution in [0, 0.1) is 0 Å². The number of rotatable bonds is 3. The van der Waals surface area contributed by atoms with Crippen molar-refractivity contribution in [3.05, 3.63) is 60.2 Å². The van der Waals surface area contributed by atoms with Gasteiger partial charge in [0.2, 0.25) is 0 Å². The molecule has 6 heteroatoms. The highest BCUT2D eigenvalue weighted by Crippen LogP contribution is 2.37. The Hall–Kier alpha value is -1.94. The molecule has 0 atom stereocenters. The van der Waals surface area contributed by atoms with Gasteiger partial charge >= 0.3 is 13.6 Å². The fourth-order valence-corrected chi connectivity index (χ4v) is 2.20. The first-order valence-corrected chi connectivity index (χ1v) is 7.02. The first-order valence-electron chi connectivity index (χ1n) is 5.41. The summed E-state index contributed by atoms with van der Waals surface area (Å²) < 4.78 is 16.3. The first-order chi connectivity index (χ1) is 8.98. The van der Waals surface area contributed by atoms with Crippen molar-refractivity contribution in [1.82, 2.24) is 0 Å². The van der Waals surface area contributed by atoms with Gasteiger partial charge in [0.15, 0.2) is 0 Å². The van der Waals surface area contributed by atoms with Crippen LogP contribution in [0.3, 0.4) is 0 Å². The van der Waals surface area contributed by atoms with E-state index in [0.717, 1.165) is 0 Å². The van der Waals surface area contributed by atoms with E-state index in [9.17, 15) is 19.1 Å². The second-order valence-electron chi connectivity index (χ2n) is 3.77. The van der Waals surface area contributed by atoms with E-state index in [1.165, 1.54) is 24.3 Å². The molecule has 0 amide bonds. The van der Waals surface area contributed by atoms with Gasteiger partial charge in [-0.25, -0.2) is 4.79 Å². The standard InChI is InChI=1S/C13H11O5P/c14-13(10-6-2-1-3-7-10)18-11-8-4-5-9-12(11)19(15,16)17/h1-9H,(H2,15,16,17). The van der Waals surface area contributed by atoms with Gasteiger partial charge in [-0.15, -0.1) is 0 Å². The van der Waals surface area contributed by atoms with Crippen LogP contribution < -0.4 is 10.0 Å². The zero-order valence-corrected chi connectivity index (χ0v) is 10.7. The quantitative estimate of drug-likeness (QED) is 0.507. The molecule has 0 heterocycles. The smallest absolute Gasteiger partial charge is 0.359 e. The van der Waals surface area contributed by atoms with Gasteiger partial charge in [0, 0.05) is 0 Å². The largest absolute Gasteiger partial charge is 0.422 e. The summed E-state index contributed by atoms with van der Waals surface area (Å²) in [6.07, 6.45) is 0. The Morgan fingerprint density at radius 2 is 1.53 bits per heavy atom. The molecule has 2 rings (SSSR count). The average molecular weight is 278 g/mol. The summed E-state index contributed by atoms with van der Waals surface area (Å²) in [7, 11) is -4.48. The molecule has 0 aromatic heterocycles. The van der Waals surface area contributed by atoms with Crippen molar-refractivity contribution in [2.45, 2.75) is 0 Å². The van der Waals surface area contributed by atoms with Crippen LogP contribution in [0.1, 0.15) is 10.4 Å². The van der Waals surface area contributed by atoms with E-state index in [-0.39, 0.29) is 11.1 Å². The van der Waals surface area contributed by atoms with E-state index in [0.29, 0.717) is 5.56 Å². The summed E-state index contributed by atoms with van der Waals surface area (Å²) in [6, 6.07) is 13.8. The molecule has 0 aliphatic heterocycles. The van der Waals surface area contributed by atoms with Crippen LogP contribution in [0.2, 0.25) is 0 Å². The molecule has 5 nitrogen and oxygen atoms in total. The predicted molar refractivity (Wildman–Crippen MR) is 69.5 cm³/mol. The van der Waals surface area contributed by atoms with Crippen molar-refractivity contribution < 1.29 is 23.9 Å². The molecule has 2 aromatic rings. The Labute approximate surface area is 109 Å². The molecule has 0 bridgehead atoms. The lowest BCUT2D eigenvalue weighted by Gasteiger charge is -2.10. The minimum Gasteiger partial charge on any atom is -0.422 e. The van der Waals surface area contributed by atoms with E-state index in [1.54, 1.807) is 30.3 Å². The molecule has 2 N–H and O–H groups in total. The molecule has 98 valence electrons. The van der Waals surface area contributed by atoms with Crippen LogP contribution in [0.15, 0.2) is 54.6 Å². The zero-order valence-electron chi connectivity index (χ0n) is 9.76. The molecule has 0 radical (unpaired) electrons. The van der Waals surface area contributed by atoms with E-state index < -0.39 is 13.6 Å². The van der Waals surface area contributed by atoms with Crippen LogP contribution >= 0.6 is 7.60 Å². The minimum absolute atomic E-state index is 0.135. The molecule has 0 aliphatic carbocycles. The maximum Gasteiger partial charge on any atom is 0.359 e. The number of esters is 1. The molecular weight excluding hydrogens is 267 g/mol. The summed E-state index contributed by atoms with van der Waals surface area (Å²) >= 11 is 0. The normalized spacial score (nSPS) is 11.1. The fourth-order valence-electron chi connectivity index (χ4n) is 1.52. The SMILES string of the molecule is O=C(Oc1ccccc1P(=O)(O)O)c1ccccc1. The van der Waals surface area contributed by atoms with Crippen molar-refractivity contribution in [3.8, 4) is 5.75 Å². The maximum absolute atomic E-state index is 11.8. The van der Waals surface area contributed by atoms with E-state index in [4.69, 9.17) is 4.74 Å². The molecule has 0 fully saturated rings. The number of benzene rings is 2. The van der Waals surface area contributed by atoms with Gasteiger partial charge in [-0.2, -0.15) is 0 Å². The minimum atomic E-state index is -4.48. The van der Waals surface area contributed by atoms with Crippen LogP contribution in [0.4, 0.5) is 0 Å². The van der Waals surface area contributed by atoms with Crippen LogP contribution in [0.25, 0.3) is 0 Å². The molecule has 0 saturated carbocycles. The Morgan fingerprint density at radius 3 is 2.16 bits per heavy atom. The van der Waals surface area contributed by atoms with Crippen molar-refractivity contribution in [3.63, 3.8) is 0 Å². The number of carbonyl (C=O) groups excluding carboxylic acids is 1. The van der Waals surface area contributed by atoms with Gasteiger partial charge in [-0.1, -0.05) is 30.3 Å². The van der Waals surface area contributed by atoms with Crippen molar-refractivity contribution in [1.29, 1.82) is 0 Å². The number of hydrogen-bond acceptors (Lipinski definition) is 3. The summed E-state index contributed by atoms with van der Waals surface area (Å²) in [4.78, 5) is 30.2. The summed E-state index contributed by atoms with van der Waals surface area (Å²) in [5, 5.41) is -0.306.